The fraction of sp³-hybridized carbons (Fsp3) is 0.214. The molecule has 0 N–H and O–H groups in total. The van der Waals surface area contributed by atoms with Crippen LogP contribution in [0.5, 0.6) is 0 Å². The summed E-state index contributed by atoms with van der Waals surface area (Å²) in [6.07, 6.45) is 0. The number of thiazole rings is 1. The fourth-order valence-corrected chi connectivity index (χ4v) is 7.99. The summed E-state index contributed by atoms with van der Waals surface area (Å²) in [5.41, 5.74) is 2.46. The molecule has 0 atom stereocenters. The minimum absolute atomic E-state index is 1.15. The molecule has 0 spiro atoms. The number of thiophene rings is 1. The Balaban J connectivity index is 2.14. The Morgan fingerprint density at radius 2 is 2.00 bits per heavy atom. The Bertz CT molecular complexity index is 683. The Labute approximate surface area is 116 Å². The third kappa shape index (κ3) is 1.94. The van der Waals surface area contributed by atoms with E-state index in [-0.39, 0.29) is 0 Å². The first-order chi connectivity index (χ1) is 8.57. The topological polar surface area (TPSA) is 12.9 Å². The van der Waals surface area contributed by atoms with Gasteiger partial charge in [-0.05, 0) is 34.5 Å². The number of hydrogen-bond acceptors (Lipinski definition) is 3. The molecule has 1 aromatic carbocycles. The zero-order valence-electron chi connectivity index (χ0n) is 10.7. The smallest absolute Gasteiger partial charge is 0.160 e. The molecule has 92 valence electrons. The van der Waals surface area contributed by atoms with Crippen LogP contribution in [0, 0.1) is 6.92 Å². The summed E-state index contributed by atoms with van der Waals surface area (Å²) in [7, 11) is -1.58. The van der Waals surface area contributed by atoms with Crippen LogP contribution in [0.15, 0.2) is 35.7 Å². The zero-order valence-corrected chi connectivity index (χ0v) is 13.4. The Kier molecular flexibility index (Phi) is 2.88. The van der Waals surface area contributed by atoms with E-state index in [9.17, 15) is 0 Å². The highest BCUT2D eigenvalue weighted by atomic mass is 32.1. The van der Waals surface area contributed by atoms with Crippen molar-refractivity contribution in [2.75, 3.05) is 0 Å². The first-order valence-corrected chi connectivity index (χ1v) is 10.7. The molecular formula is C14H15NS2Si. The van der Waals surface area contributed by atoms with Crippen molar-refractivity contribution in [2.45, 2.75) is 20.0 Å². The molecule has 2 aromatic heterocycles. The van der Waals surface area contributed by atoms with Crippen LogP contribution < -0.4 is 9.13 Å². The van der Waals surface area contributed by atoms with Crippen molar-refractivity contribution < 1.29 is 0 Å². The van der Waals surface area contributed by atoms with E-state index in [1.165, 1.54) is 19.4 Å². The summed E-state index contributed by atoms with van der Waals surface area (Å²) >= 11 is 3.74. The van der Waals surface area contributed by atoms with Crippen LogP contribution in [-0.2, 0) is 0 Å². The van der Waals surface area contributed by atoms with E-state index >= 15 is 0 Å². The average Bonchev–Trinajstić information content (AvgIpc) is 2.97. The molecule has 0 bridgehead atoms. The lowest BCUT2D eigenvalue weighted by atomic mass is 10.2. The monoisotopic (exact) mass is 289 g/mol. The normalized spacial score (nSPS) is 12.2. The number of hydrogen-bond donors (Lipinski definition) is 0. The second-order valence-electron chi connectivity index (χ2n) is 5.09. The summed E-state index contributed by atoms with van der Waals surface area (Å²) < 4.78 is 4.17. The Morgan fingerprint density at radius 3 is 2.72 bits per heavy atom. The number of aryl methyl sites for hydroxylation is 1. The van der Waals surface area contributed by atoms with Gasteiger partial charge in [-0.3, -0.25) is 0 Å². The predicted molar refractivity (Wildman–Crippen MR) is 85.4 cm³/mol. The number of rotatable bonds is 2. The summed E-state index contributed by atoms with van der Waals surface area (Å²) in [4.78, 5) is 4.87. The van der Waals surface area contributed by atoms with E-state index in [1.807, 2.05) is 22.7 Å². The molecule has 4 heteroatoms. The number of benzene rings is 1. The number of fused-ring (bicyclic) bond motifs is 1. The van der Waals surface area contributed by atoms with Gasteiger partial charge in [0, 0.05) is 0 Å². The molecular weight excluding hydrogens is 274 g/mol. The molecule has 0 amide bonds. The third-order valence-electron chi connectivity index (χ3n) is 3.22. The lowest BCUT2D eigenvalue weighted by molar-refractivity contribution is 1.48. The van der Waals surface area contributed by atoms with Gasteiger partial charge in [0.15, 0.2) is 8.07 Å². The highest BCUT2D eigenvalue weighted by molar-refractivity contribution is 7.38. The van der Waals surface area contributed by atoms with Crippen LogP contribution in [0.1, 0.15) is 5.56 Å². The highest BCUT2D eigenvalue weighted by Gasteiger charge is 2.30. The molecule has 0 aliphatic carbocycles. The van der Waals surface area contributed by atoms with Gasteiger partial charge < -0.3 is 0 Å². The third-order valence-corrected chi connectivity index (χ3v) is 11.0. The Morgan fingerprint density at radius 1 is 1.17 bits per heavy atom. The standard InChI is InChI=1S/C14H15NS2Si/c1-10-6-7-11-12(9-10)17-14(15-11)18(2,3)13-5-4-8-16-13/h4-9H,1-3H3. The Hall–Kier alpha value is -0.973. The van der Waals surface area contributed by atoms with Crippen LogP contribution >= 0.6 is 22.7 Å². The molecule has 3 aromatic rings. The van der Waals surface area contributed by atoms with Crippen molar-refractivity contribution in [3.8, 4) is 0 Å². The maximum atomic E-state index is 4.87. The zero-order chi connectivity index (χ0) is 12.8. The molecule has 0 aliphatic heterocycles. The van der Waals surface area contributed by atoms with Gasteiger partial charge in [0.1, 0.15) is 0 Å². The van der Waals surface area contributed by atoms with Crippen molar-refractivity contribution >= 4 is 50.1 Å². The second-order valence-corrected chi connectivity index (χ2v) is 12.1. The van der Waals surface area contributed by atoms with Crippen LogP contribution in [0.4, 0.5) is 0 Å². The van der Waals surface area contributed by atoms with Gasteiger partial charge in [-0.15, -0.1) is 11.3 Å². The van der Waals surface area contributed by atoms with Gasteiger partial charge in [0.2, 0.25) is 0 Å². The molecule has 1 nitrogen and oxygen atoms in total. The van der Waals surface area contributed by atoms with Gasteiger partial charge in [-0.1, -0.05) is 31.3 Å². The number of nitrogens with zero attached hydrogens (tertiary/aromatic N) is 1. The van der Waals surface area contributed by atoms with Crippen LogP contribution in [0.2, 0.25) is 13.1 Å². The predicted octanol–water partition coefficient (Wildman–Crippen LogP) is 3.49. The highest BCUT2D eigenvalue weighted by Crippen LogP contribution is 2.21. The molecule has 0 saturated carbocycles. The molecule has 0 unspecified atom stereocenters. The van der Waals surface area contributed by atoms with E-state index in [0.29, 0.717) is 0 Å². The van der Waals surface area contributed by atoms with Gasteiger partial charge in [-0.2, -0.15) is 11.3 Å². The van der Waals surface area contributed by atoms with E-state index in [2.05, 4.69) is 55.7 Å². The van der Waals surface area contributed by atoms with Crippen molar-refractivity contribution in [2.24, 2.45) is 0 Å². The maximum absolute atomic E-state index is 4.87. The molecule has 0 radical (unpaired) electrons. The molecule has 0 saturated heterocycles. The van der Waals surface area contributed by atoms with Gasteiger partial charge in [0.05, 0.1) is 14.8 Å². The quantitative estimate of drug-likeness (QED) is 0.658. The maximum Gasteiger partial charge on any atom is 0.160 e. The van der Waals surface area contributed by atoms with Crippen molar-refractivity contribution in [1.29, 1.82) is 0 Å². The summed E-state index contributed by atoms with van der Waals surface area (Å²) in [6, 6.07) is 10.9. The molecule has 18 heavy (non-hydrogen) atoms. The first-order valence-electron chi connectivity index (χ1n) is 5.99. The molecule has 3 rings (SSSR count). The van der Waals surface area contributed by atoms with Crippen molar-refractivity contribution in [1.82, 2.24) is 4.98 Å². The fourth-order valence-electron chi connectivity index (χ4n) is 2.04. The summed E-state index contributed by atoms with van der Waals surface area (Å²) in [6.45, 7) is 6.92. The van der Waals surface area contributed by atoms with Crippen molar-refractivity contribution in [3.63, 3.8) is 0 Å². The van der Waals surface area contributed by atoms with E-state index in [4.69, 9.17) is 4.98 Å². The molecule has 0 fully saturated rings. The van der Waals surface area contributed by atoms with Crippen molar-refractivity contribution in [3.05, 3.63) is 41.3 Å². The first kappa shape index (κ1) is 12.1. The minimum atomic E-state index is -1.58. The van der Waals surface area contributed by atoms with Crippen LogP contribution in [-0.4, -0.2) is 13.1 Å². The van der Waals surface area contributed by atoms with Gasteiger partial charge in [-0.25, -0.2) is 4.98 Å². The summed E-state index contributed by atoms with van der Waals surface area (Å²) in [5.74, 6) is 0. The largest absolute Gasteiger partial charge is 0.246 e. The average molecular weight is 290 g/mol. The lowest BCUT2D eigenvalue weighted by Crippen LogP contribution is -2.51. The lowest BCUT2D eigenvalue weighted by Gasteiger charge is -2.16. The summed E-state index contributed by atoms with van der Waals surface area (Å²) in [5, 5.41) is 2.17. The number of aromatic nitrogens is 1. The van der Waals surface area contributed by atoms with Crippen LogP contribution in [0.25, 0.3) is 10.2 Å². The second kappa shape index (κ2) is 4.30. The van der Waals surface area contributed by atoms with E-state index in [0.717, 1.165) is 5.52 Å². The van der Waals surface area contributed by atoms with Gasteiger partial charge in [0.25, 0.3) is 0 Å². The molecule has 2 heterocycles. The van der Waals surface area contributed by atoms with E-state index < -0.39 is 8.07 Å². The SMILES string of the molecule is Cc1ccc2nc([Si](C)(C)c3cccs3)sc2c1. The van der Waals surface area contributed by atoms with Gasteiger partial charge >= 0.3 is 0 Å². The van der Waals surface area contributed by atoms with Crippen LogP contribution in [0.3, 0.4) is 0 Å². The van der Waals surface area contributed by atoms with E-state index in [1.54, 1.807) is 0 Å². The molecule has 0 aliphatic rings. The minimum Gasteiger partial charge on any atom is -0.246 e.